The number of rotatable bonds is 4. The molecule has 1 saturated heterocycles. The molecule has 1 atom stereocenters. The van der Waals surface area contributed by atoms with Crippen LogP contribution in [0.3, 0.4) is 0 Å². The molecule has 1 aromatic rings. The summed E-state index contributed by atoms with van der Waals surface area (Å²) in [6, 6.07) is 8.82. The smallest absolute Gasteiger partial charge is 0.0984 e. The first-order chi connectivity index (χ1) is 10.3. The van der Waals surface area contributed by atoms with E-state index in [1.54, 1.807) is 0 Å². The number of ether oxygens (including phenoxy) is 2. The summed E-state index contributed by atoms with van der Waals surface area (Å²) in [5.74, 6) is 0. The highest BCUT2D eigenvalue weighted by molar-refractivity contribution is 6.30. The molecule has 2 fully saturated rings. The molecule has 0 N–H and O–H groups in total. The average Bonchev–Trinajstić information content (AvgIpc) is 2.55. The van der Waals surface area contributed by atoms with E-state index in [4.69, 9.17) is 21.1 Å². The topological polar surface area (TPSA) is 21.7 Å². The second-order valence-electron chi connectivity index (χ2n) is 5.99. The molecule has 0 amide bonds. The summed E-state index contributed by atoms with van der Waals surface area (Å²) in [6.45, 7) is 3.05. The third kappa shape index (κ3) is 4.12. The highest BCUT2D eigenvalue weighted by atomic mass is 35.5. The second-order valence-corrected chi connectivity index (χ2v) is 6.42. The van der Waals surface area contributed by atoms with Crippen molar-refractivity contribution in [1.82, 2.24) is 0 Å². The van der Waals surface area contributed by atoms with Gasteiger partial charge in [-0.1, -0.05) is 30.9 Å². The van der Waals surface area contributed by atoms with Crippen LogP contribution in [-0.4, -0.2) is 38.5 Å². The average molecular weight is 310 g/mol. The van der Waals surface area contributed by atoms with Gasteiger partial charge in [0.1, 0.15) is 0 Å². The molecule has 0 aromatic heterocycles. The Balaban J connectivity index is 1.74. The Morgan fingerprint density at radius 2 is 1.81 bits per heavy atom. The third-order valence-corrected chi connectivity index (χ3v) is 4.71. The fourth-order valence-electron chi connectivity index (χ4n) is 3.35. The summed E-state index contributed by atoms with van der Waals surface area (Å²) < 4.78 is 11.4. The van der Waals surface area contributed by atoms with Gasteiger partial charge in [-0.15, -0.1) is 0 Å². The van der Waals surface area contributed by atoms with Gasteiger partial charge in [0.15, 0.2) is 0 Å². The summed E-state index contributed by atoms with van der Waals surface area (Å²) in [5.41, 5.74) is 1.25. The van der Waals surface area contributed by atoms with Crippen molar-refractivity contribution in [2.75, 3.05) is 31.3 Å². The van der Waals surface area contributed by atoms with Crippen LogP contribution in [0, 0.1) is 0 Å². The van der Waals surface area contributed by atoms with Crippen molar-refractivity contribution in [3.05, 3.63) is 29.3 Å². The molecule has 1 aliphatic heterocycles. The maximum absolute atomic E-state index is 6.03. The van der Waals surface area contributed by atoms with Crippen molar-refractivity contribution >= 4 is 17.3 Å². The van der Waals surface area contributed by atoms with Gasteiger partial charge in [-0.05, 0) is 37.1 Å². The summed E-state index contributed by atoms with van der Waals surface area (Å²) in [7, 11) is 0. The fraction of sp³-hybridized carbons (Fsp3) is 0.647. The molecule has 0 spiro atoms. The Morgan fingerprint density at radius 3 is 2.48 bits per heavy atom. The van der Waals surface area contributed by atoms with Gasteiger partial charge in [0.05, 0.1) is 25.9 Å². The Hall–Kier alpha value is -0.770. The molecule has 2 aliphatic rings. The van der Waals surface area contributed by atoms with Crippen LogP contribution >= 0.6 is 11.6 Å². The Morgan fingerprint density at radius 1 is 1.05 bits per heavy atom. The number of hydrogen-bond acceptors (Lipinski definition) is 3. The van der Waals surface area contributed by atoms with Crippen LogP contribution in [0.1, 0.15) is 32.1 Å². The van der Waals surface area contributed by atoms with Crippen LogP contribution in [0.25, 0.3) is 0 Å². The number of nitrogens with zero attached hydrogens (tertiary/aromatic N) is 1. The molecule has 1 unspecified atom stereocenters. The van der Waals surface area contributed by atoms with Crippen molar-refractivity contribution in [3.8, 4) is 0 Å². The quantitative estimate of drug-likeness (QED) is 0.842. The largest absolute Gasteiger partial charge is 0.376 e. The lowest BCUT2D eigenvalue weighted by Crippen LogP contribution is -2.45. The molecule has 1 saturated carbocycles. The standard InChI is InChI=1S/C17H24ClNO2/c18-14-6-8-16(9-7-14)19(15-4-2-1-3-5-15)12-17-13-20-10-11-21-17/h6-9,15,17H,1-5,10-13H2. The zero-order valence-corrected chi connectivity index (χ0v) is 13.2. The highest BCUT2D eigenvalue weighted by Crippen LogP contribution is 2.29. The predicted molar refractivity (Wildman–Crippen MR) is 86.2 cm³/mol. The SMILES string of the molecule is Clc1ccc(N(CC2COCCO2)C2CCCCC2)cc1. The minimum Gasteiger partial charge on any atom is -0.376 e. The Kier molecular flexibility index (Phi) is 5.39. The van der Waals surface area contributed by atoms with E-state index in [9.17, 15) is 0 Å². The van der Waals surface area contributed by atoms with Gasteiger partial charge in [-0.2, -0.15) is 0 Å². The molecule has 1 aromatic carbocycles. The van der Waals surface area contributed by atoms with Crippen LogP contribution in [0.5, 0.6) is 0 Å². The van der Waals surface area contributed by atoms with Gasteiger partial charge < -0.3 is 14.4 Å². The van der Waals surface area contributed by atoms with Gasteiger partial charge in [-0.25, -0.2) is 0 Å². The van der Waals surface area contributed by atoms with E-state index in [0.29, 0.717) is 19.3 Å². The van der Waals surface area contributed by atoms with E-state index < -0.39 is 0 Å². The molecule has 1 aliphatic carbocycles. The normalized spacial score (nSPS) is 24.0. The summed E-state index contributed by atoms with van der Waals surface area (Å²) in [6.07, 6.45) is 6.75. The van der Waals surface area contributed by atoms with Gasteiger partial charge in [0.2, 0.25) is 0 Å². The number of hydrogen-bond donors (Lipinski definition) is 0. The van der Waals surface area contributed by atoms with Crippen molar-refractivity contribution < 1.29 is 9.47 Å². The van der Waals surface area contributed by atoms with Crippen LogP contribution in [-0.2, 0) is 9.47 Å². The maximum Gasteiger partial charge on any atom is 0.0984 e. The molecule has 0 bridgehead atoms. The van der Waals surface area contributed by atoms with Crippen LogP contribution in [0.15, 0.2) is 24.3 Å². The van der Waals surface area contributed by atoms with Gasteiger partial charge in [0, 0.05) is 23.3 Å². The van der Waals surface area contributed by atoms with E-state index in [1.807, 2.05) is 12.1 Å². The molecule has 4 heteroatoms. The number of anilines is 1. The molecule has 0 radical (unpaired) electrons. The lowest BCUT2D eigenvalue weighted by molar-refractivity contribution is -0.0846. The zero-order valence-electron chi connectivity index (χ0n) is 12.5. The molecular weight excluding hydrogens is 286 g/mol. The van der Waals surface area contributed by atoms with Crippen molar-refractivity contribution in [3.63, 3.8) is 0 Å². The minimum atomic E-state index is 0.177. The van der Waals surface area contributed by atoms with Crippen molar-refractivity contribution in [2.24, 2.45) is 0 Å². The lowest BCUT2D eigenvalue weighted by atomic mass is 9.93. The van der Waals surface area contributed by atoms with Crippen LogP contribution in [0.2, 0.25) is 5.02 Å². The maximum atomic E-state index is 6.03. The van der Waals surface area contributed by atoms with E-state index in [-0.39, 0.29) is 6.10 Å². The third-order valence-electron chi connectivity index (χ3n) is 4.46. The first kappa shape index (κ1) is 15.1. The summed E-state index contributed by atoms with van der Waals surface area (Å²) >= 11 is 6.03. The van der Waals surface area contributed by atoms with Crippen molar-refractivity contribution in [2.45, 2.75) is 44.2 Å². The van der Waals surface area contributed by atoms with Gasteiger partial charge >= 0.3 is 0 Å². The monoisotopic (exact) mass is 309 g/mol. The van der Waals surface area contributed by atoms with E-state index >= 15 is 0 Å². The molecule has 1 heterocycles. The van der Waals surface area contributed by atoms with E-state index in [1.165, 1.54) is 37.8 Å². The summed E-state index contributed by atoms with van der Waals surface area (Å²) in [4.78, 5) is 2.51. The highest BCUT2D eigenvalue weighted by Gasteiger charge is 2.25. The first-order valence-corrected chi connectivity index (χ1v) is 8.42. The molecule has 21 heavy (non-hydrogen) atoms. The lowest BCUT2D eigenvalue weighted by Gasteiger charge is -2.39. The second kappa shape index (κ2) is 7.48. The molecule has 116 valence electrons. The fourth-order valence-corrected chi connectivity index (χ4v) is 3.48. The molecule has 3 nitrogen and oxygen atoms in total. The summed E-state index contributed by atoms with van der Waals surface area (Å²) in [5, 5.41) is 0.791. The Labute approximate surface area is 132 Å². The Bertz CT molecular complexity index is 425. The van der Waals surface area contributed by atoms with Gasteiger partial charge in [-0.3, -0.25) is 0 Å². The first-order valence-electron chi connectivity index (χ1n) is 8.04. The number of halogens is 1. The van der Waals surface area contributed by atoms with Crippen LogP contribution in [0.4, 0.5) is 5.69 Å². The number of benzene rings is 1. The minimum absolute atomic E-state index is 0.177. The predicted octanol–water partition coefficient (Wildman–Crippen LogP) is 3.89. The van der Waals surface area contributed by atoms with E-state index in [0.717, 1.165) is 18.2 Å². The van der Waals surface area contributed by atoms with E-state index in [2.05, 4.69) is 17.0 Å². The molecule has 3 rings (SSSR count). The van der Waals surface area contributed by atoms with Crippen molar-refractivity contribution in [1.29, 1.82) is 0 Å². The van der Waals surface area contributed by atoms with Gasteiger partial charge in [0.25, 0.3) is 0 Å². The zero-order chi connectivity index (χ0) is 14.5. The molecular formula is C17H24ClNO2. The van der Waals surface area contributed by atoms with Crippen LogP contribution < -0.4 is 4.90 Å².